The Hall–Kier alpha value is -1.98. The fourth-order valence-electron chi connectivity index (χ4n) is 1.76. The number of nitrogens with one attached hydrogen (secondary N) is 1. The number of carbonyl (C=O) groups is 1. The van der Waals surface area contributed by atoms with Gasteiger partial charge in [0.1, 0.15) is 0 Å². The zero-order valence-electron chi connectivity index (χ0n) is 11.1. The summed E-state index contributed by atoms with van der Waals surface area (Å²) in [5.41, 5.74) is 1.64. The highest BCUT2D eigenvalue weighted by atomic mass is 32.1. The number of amides is 1. The van der Waals surface area contributed by atoms with Crippen LogP contribution in [-0.2, 0) is 4.79 Å². The first-order valence-corrected chi connectivity index (χ1v) is 7.13. The first kappa shape index (κ1) is 14.4. The van der Waals surface area contributed by atoms with E-state index < -0.39 is 6.04 Å². The molecule has 0 radical (unpaired) electrons. The number of rotatable bonds is 5. The molecule has 0 saturated heterocycles. The molecule has 20 heavy (non-hydrogen) atoms. The lowest BCUT2D eigenvalue weighted by atomic mass is 10.1. The second-order valence-electron chi connectivity index (χ2n) is 4.28. The van der Waals surface area contributed by atoms with Gasteiger partial charge in [-0.1, -0.05) is 30.3 Å². The van der Waals surface area contributed by atoms with Crippen LogP contribution < -0.4 is 5.32 Å². The van der Waals surface area contributed by atoms with Crippen molar-refractivity contribution >= 4 is 23.3 Å². The van der Waals surface area contributed by atoms with Crippen LogP contribution >= 0.6 is 11.3 Å². The number of hydrogen-bond donors (Lipinski definition) is 2. The summed E-state index contributed by atoms with van der Waals surface area (Å²) >= 11 is 1.54. The summed E-state index contributed by atoms with van der Waals surface area (Å²) in [6, 6.07) is 8.98. The third-order valence-electron chi connectivity index (χ3n) is 2.74. The third kappa shape index (κ3) is 4.01. The second kappa shape index (κ2) is 6.98. The zero-order chi connectivity index (χ0) is 14.4. The van der Waals surface area contributed by atoms with E-state index in [9.17, 15) is 9.90 Å². The fraction of sp³-hybridized carbons (Fsp3) is 0.200. The lowest BCUT2D eigenvalue weighted by Gasteiger charge is -2.15. The average Bonchev–Trinajstić information content (AvgIpc) is 2.89. The summed E-state index contributed by atoms with van der Waals surface area (Å²) in [7, 11) is 0. The van der Waals surface area contributed by atoms with E-state index in [1.165, 1.54) is 17.4 Å². The standard InChI is InChI=1S/C15H16N2O2S/c1-11-16-13(10-20-11)7-8-15(19)17-14(9-18)12-5-3-2-4-6-12/h2-8,10,14,18H,9H2,1H3,(H,17,19). The maximum absolute atomic E-state index is 11.8. The molecule has 2 N–H and O–H groups in total. The van der Waals surface area contributed by atoms with Gasteiger partial charge in [0.05, 0.1) is 23.4 Å². The molecule has 0 saturated carbocycles. The predicted molar refractivity (Wildman–Crippen MR) is 80.3 cm³/mol. The van der Waals surface area contributed by atoms with Crippen molar-refractivity contribution in [3.05, 3.63) is 58.1 Å². The molecule has 2 rings (SSSR count). The summed E-state index contributed by atoms with van der Waals surface area (Å²) in [5, 5.41) is 15.0. The number of nitrogens with zero attached hydrogens (tertiary/aromatic N) is 1. The molecule has 0 aliphatic carbocycles. The molecule has 1 heterocycles. The Labute approximate surface area is 121 Å². The molecular weight excluding hydrogens is 272 g/mol. The molecule has 1 amide bonds. The summed E-state index contributed by atoms with van der Waals surface area (Å²) in [4.78, 5) is 16.1. The van der Waals surface area contributed by atoms with Crippen LogP contribution in [-0.4, -0.2) is 22.6 Å². The first-order valence-electron chi connectivity index (χ1n) is 6.25. The van der Waals surface area contributed by atoms with Crippen LogP contribution in [0.3, 0.4) is 0 Å². The molecule has 0 aliphatic heterocycles. The Kier molecular flexibility index (Phi) is 5.03. The number of aromatic nitrogens is 1. The summed E-state index contributed by atoms with van der Waals surface area (Å²) < 4.78 is 0. The fourth-order valence-corrected chi connectivity index (χ4v) is 2.34. The van der Waals surface area contributed by atoms with E-state index in [0.29, 0.717) is 0 Å². The number of benzene rings is 1. The smallest absolute Gasteiger partial charge is 0.244 e. The third-order valence-corrected chi connectivity index (χ3v) is 3.53. The number of aryl methyl sites for hydroxylation is 1. The van der Waals surface area contributed by atoms with Crippen LogP contribution in [0.2, 0.25) is 0 Å². The van der Waals surface area contributed by atoms with E-state index in [0.717, 1.165) is 16.3 Å². The molecule has 0 bridgehead atoms. The van der Waals surface area contributed by atoms with Gasteiger partial charge in [-0.15, -0.1) is 11.3 Å². The minimum Gasteiger partial charge on any atom is -0.394 e. The molecule has 0 spiro atoms. The molecular formula is C15H16N2O2S. The normalized spacial score (nSPS) is 12.5. The van der Waals surface area contributed by atoms with Crippen molar-refractivity contribution in [3.8, 4) is 0 Å². The number of carbonyl (C=O) groups excluding carboxylic acids is 1. The van der Waals surface area contributed by atoms with Gasteiger partial charge in [0.15, 0.2) is 0 Å². The van der Waals surface area contributed by atoms with Crippen LogP contribution in [0.25, 0.3) is 6.08 Å². The molecule has 0 fully saturated rings. The van der Waals surface area contributed by atoms with Crippen LogP contribution in [0.1, 0.15) is 22.3 Å². The minimum absolute atomic E-state index is 0.139. The Balaban J connectivity index is 1.98. The van der Waals surface area contributed by atoms with Gasteiger partial charge in [0, 0.05) is 11.5 Å². The van der Waals surface area contributed by atoms with E-state index in [1.54, 1.807) is 6.08 Å². The maximum Gasteiger partial charge on any atom is 0.244 e. The molecule has 104 valence electrons. The van der Waals surface area contributed by atoms with Crippen molar-refractivity contribution < 1.29 is 9.90 Å². The predicted octanol–water partition coefficient (Wildman–Crippen LogP) is 2.31. The topological polar surface area (TPSA) is 62.2 Å². The summed E-state index contributed by atoms with van der Waals surface area (Å²) in [6.07, 6.45) is 3.10. The van der Waals surface area contributed by atoms with Crippen LogP contribution in [0, 0.1) is 6.92 Å². The van der Waals surface area contributed by atoms with Crippen LogP contribution in [0.5, 0.6) is 0 Å². The molecule has 5 heteroatoms. The van der Waals surface area contributed by atoms with E-state index in [2.05, 4.69) is 10.3 Å². The Bertz CT molecular complexity index is 593. The largest absolute Gasteiger partial charge is 0.394 e. The molecule has 4 nitrogen and oxygen atoms in total. The maximum atomic E-state index is 11.8. The molecule has 1 atom stereocenters. The van der Waals surface area contributed by atoms with Crippen LogP contribution in [0.15, 0.2) is 41.8 Å². The van der Waals surface area contributed by atoms with Gasteiger partial charge in [-0.2, -0.15) is 0 Å². The van der Waals surface area contributed by atoms with Gasteiger partial charge in [0.25, 0.3) is 0 Å². The summed E-state index contributed by atoms with van der Waals surface area (Å²) in [5.74, 6) is -0.251. The molecule has 1 unspecified atom stereocenters. The van der Waals surface area contributed by atoms with Crippen molar-refractivity contribution in [3.63, 3.8) is 0 Å². The lowest BCUT2D eigenvalue weighted by molar-refractivity contribution is -0.117. The van der Waals surface area contributed by atoms with Crippen LogP contribution in [0.4, 0.5) is 0 Å². The first-order chi connectivity index (χ1) is 9.69. The van der Waals surface area contributed by atoms with Crippen molar-refractivity contribution in [2.45, 2.75) is 13.0 Å². The van der Waals surface area contributed by atoms with Gasteiger partial charge in [0.2, 0.25) is 5.91 Å². The van der Waals surface area contributed by atoms with Gasteiger partial charge >= 0.3 is 0 Å². The molecule has 0 aliphatic rings. The van der Waals surface area contributed by atoms with E-state index in [1.807, 2.05) is 42.6 Å². The van der Waals surface area contributed by atoms with Crippen molar-refractivity contribution in [1.29, 1.82) is 0 Å². The number of thiazole rings is 1. The Morgan fingerprint density at radius 3 is 2.80 bits per heavy atom. The van der Waals surface area contributed by atoms with Gasteiger partial charge < -0.3 is 10.4 Å². The molecule has 1 aromatic heterocycles. The number of aliphatic hydroxyl groups is 1. The van der Waals surface area contributed by atoms with E-state index >= 15 is 0 Å². The number of hydrogen-bond acceptors (Lipinski definition) is 4. The Morgan fingerprint density at radius 1 is 1.45 bits per heavy atom. The molecule has 1 aromatic carbocycles. The average molecular weight is 288 g/mol. The quantitative estimate of drug-likeness (QED) is 0.830. The van der Waals surface area contributed by atoms with Crippen molar-refractivity contribution in [2.75, 3.05) is 6.61 Å². The number of aliphatic hydroxyl groups excluding tert-OH is 1. The van der Waals surface area contributed by atoms with Gasteiger partial charge in [-0.05, 0) is 18.6 Å². The zero-order valence-corrected chi connectivity index (χ0v) is 11.9. The highest BCUT2D eigenvalue weighted by molar-refractivity contribution is 7.09. The molecule has 2 aromatic rings. The SMILES string of the molecule is Cc1nc(C=CC(=O)NC(CO)c2ccccc2)cs1. The Morgan fingerprint density at radius 2 is 2.20 bits per heavy atom. The highest BCUT2D eigenvalue weighted by Crippen LogP contribution is 2.12. The van der Waals surface area contributed by atoms with Gasteiger partial charge in [-0.25, -0.2) is 4.98 Å². The summed E-state index contributed by atoms with van der Waals surface area (Å²) in [6.45, 7) is 1.78. The van der Waals surface area contributed by atoms with E-state index in [-0.39, 0.29) is 12.5 Å². The van der Waals surface area contributed by atoms with E-state index in [4.69, 9.17) is 0 Å². The highest BCUT2D eigenvalue weighted by Gasteiger charge is 2.11. The monoisotopic (exact) mass is 288 g/mol. The lowest BCUT2D eigenvalue weighted by Crippen LogP contribution is -2.29. The van der Waals surface area contributed by atoms with Gasteiger partial charge in [-0.3, -0.25) is 4.79 Å². The van der Waals surface area contributed by atoms with Crippen molar-refractivity contribution in [1.82, 2.24) is 10.3 Å². The minimum atomic E-state index is -0.398. The second-order valence-corrected chi connectivity index (χ2v) is 5.34. The van der Waals surface area contributed by atoms with Crippen molar-refractivity contribution in [2.24, 2.45) is 0 Å².